The van der Waals surface area contributed by atoms with Crippen LogP contribution in [-0.4, -0.2) is 24.1 Å². The molecule has 3 N–H and O–H groups in total. The Kier molecular flexibility index (Phi) is 5.42. The molecule has 0 heterocycles. The van der Waals surface area contributed by atoms with Gasteiger partial charge in [0.25, 0.3) is 5.91 Å². The van der Waals surface area contributed by atoms with Crippen molar-refractivity contribution in [1.82, 2.24) is 5.32 Å². The summed E-state index contributed by atoms with van der Waals surface area (Å²) in [6.45, 7) is 5.56. The molecule has 0 saturated heterocycles. The molecule has 0 aliphatic carbocycles. The van der Waals surface area contributed by atoms with Crippen LogP contribution < -0.4 is 11.1 Å². The van der Waals surface area contributed by atoms with Crippen LogP contribution in [0.25, 0.3) is 0 Å². The average molecular weight is 280 g/mol. The number of rotatable bonds is 5. The molecule has 1 aromatic rings. The first-order valence-electron chi connectivity index (χ1n) is 6.11. The van der Waals surface area contributed by atoms with E-state index in [1.807, 2.05) is 45.2 Å². The first-order valence-corrected chi connectivity index (χ1v) is 7.34. The van der Waals surface area contributed by atoms with Gasteiger partial charge in [0.15, 0.2) is 0 Å². The van der Waals surface area contributed by atoms with Gasteiger partial charge in [-0.15, -0.1) is 11.8 Å². The number of nitrogens with two attached hydrogens (primary N) is 1. The molecule has 19 heavy (non-hydrogen) atoms. The van der Waals surface area contributed by atoms with Crippen LogP contribution in [0.15, 0.2) is 23.1 Å². The predicted molar refractivity (Wildman–Crippen MR) is 78.2 cm³/mol. The van der Waals surface area contributed by atoms with Gasteiger partial charge in [-0.2, -0.15) is 0 Å². The van der Waals surface area contributed by atoms with Crippen LogP contribution in [0.2, 0.25) is 0 Å². The van der Waals surface area contributed by atoms with Crippen LogP contribution in [0.5, 0.6) is 0 Å². The Hall–Kier alpha value is -1.49. The van der Waals surface area contributed by atoms with E-state index in [0.29, 0.717) is 5.56 Å². The van der Waals surface area contributed by atoms with Gasteiger partial charge in [-0.1, -0.05) is 19.9 Å². The zero-order valence-corrected chi connectivity index (χ0v) is 12.5. The lowest BCUT2D eigenvalue weighted by molar-refractivity contribution is -0.120. The summed E-state index contributed by atoms with van der Waals surface area (Å²) >= 11 is 1.57. The average Bonchev–Trinajstić information content (AvgIpc) is 2.35. The molecule has 1 aromatic carbocycles. The summed E-state index contributed by atoms with van der Waals surface area (Å²) < 4.78 is 0. The van der Waals surface area contributed by atoms with Crippen molar-refractivity contribution in [1.29, 1.82) is 0 Å². The van der Waals surface area contributed by atoms with Crippen LogP contribution in [0.4, 0.5) is 0 Å². The van der Waals surface area contributed by atoms with E-state index in [0.717, 1.165) is 10.5 Å². The first-order chi connectivity index (χ1) is 8.86. The molecule has 0 aliphatic heterocycles. The van der Waals surface area contributed by atoms with E-state index in [4.69, 9.17) is 5.73 Å². The molecule has 0 fully saturated rings. The number of thioether (sulfide) groups is 1. The van der Waals surface area contributed by atoms with E-state index < -0.39 is 11.9 Å². The van der Waals surface area contributed by atoms with Crippen molar-refractivity contribution in [3.63, 3.8) is 0 Å². The van der Waals surface area contributed by atoms with E-state index >= 15 is 0 Å². The zero-order valence-electron chi connectivity index (χ0n) is 11.7. The monoisotopic (exact) mass is 280 g/mol. The summed E-state index contributed by atoms with van der Waals surface area (Å²) in [5.41, 5.74) is 6.76. The number of amides is 2. The Bertz CT molecular complexity index is 486. The topological polar surface area (TPSA) is 72.2 Å². The molecular weight excluding hydrogens is 260 g/mol. The molecule has 0 radical (unpaired) electrons. The number of benzene rings is 1. The maximum absolute atomic E-state index is 12.2. The first kappa shape index (κ1) is 15.6. The molecule has 0 spiro atoms. The number of carbonyl (C=O) groups excluding carboxylic acids is 2. The molecule has 4 nitrogen and oxygen atoms in total. The van der Waals surface area contributed by atoms with Crippen LogP contribution in [0.3, 0.4) is 0 Å². The third kappa shape index (κ3) is 3.99. The van der Waals surface area contributed by atoms with E-state index in [1.54, 1.807) is 11.8 Å². The molecule has 1 rings (SSSR count). The Labute approximate surface area is 118 Å². The van der Waals surface area contributed by atoms with E-state index in [1.165, 1.54) is 0 Å². The molecule has 0 unspecified atom stereocenters. The van der Waals surface area contributed by atoms with Crippen LogP contribution >= 0.6 is 11.8 Å². The normalized spacial score (nSPS) is 12.3. The second-order valence-electron chi connectivity index (χ2n) is 4.78. The molecule has 5 heteroatoms. The summed E-state index contributed by atoms with van der Waals surface area (Å²) in [6.07, 6.45) is 1.95. The summed E-state index contributed by atoms with van der Waals surface area (Å²) in [7, 11) is 0. The minimum atomic E-state index is -0.648. The van der Waals surface area contributed by atoms with Crippen molar-refractivity contribution in [2.75, 3.05) is 6.26 Å². The number of carbonyl (C=O) groups is 2. The lowest BCUT2D eigenvalue weighted by Crippen LogP contribution is -2.47. The molecule has 104 valence electrons. The highest BCUT2D eigenvalue weighted by Crippen LogP contribution is 2.19. The van der Waals surface area contributed by atoms with Crippen molar-refractivity contribution in [2.45, 2.75) is 31.7 Å². The fourth-order valence-corrected chi connectivity index (χ4v) is 2.20. The number of hydrogen-bond acceptors (Lipinski definition) is 3. The van der Waals surface area contributed by atoms with Gasteiger partial charge in [-0.05, 0) is 36.8 Å². The number of primary amides is 1. The lowest BCUT2D eigenvalue weighted by atomic mass is 10.0. The molecule has 0 aliphatic rings. The fraction of sp³-hybridized carbons (Fsp3) is 0.429. The van der Waals surface area contributed by atoms with Gasteiger partial charge < -0.3 is 11.1 Å². The van der Waals surface area contributed by atoms with Crippen LogP contribution in [0, 0.1) is 12.8 Å². The van der Waals surface area contributed by atoms with E-state index in [9.17, 15) is 9.59 Å². The van der Waals surface area contributed by atoms with Gasteiger partial charge in [0.1, 0.15) is 6.04 Å². The maximum atomic E-state index is 12.2. The van der Waals surface area contributed by atoms with Gasteiger partial charge in [0.2, 0.25) is 5.91 Å². The Morgan fingerprint density at radius 1 is 1.32 bits per heavy atom. The molecule has 0 aromatic heterocycles. The highest BCUT2D eigenvalue weighted by atomic mass is 32.2. The van der Waals surface area contributed by atoms with Crippen molar-refractivity contribution < 1.29 is 9.59 Å². The predicted octanol–water partition coefficient (Wildman–Crippen LogP) is 1.96. The van der Waals surface area contributed by atoms with Gasteiger partial charge >= 0.3 is 0 Å². The van der Waals surface area contributed by atoms with E-state index in [-0.39, 0.29) is 11.8 Å². The van der Waals surface area contributed by atoms with Gasteiger partial charge in [-0.3, -0.25) is 9.59 Å². The number of nitrogens with one attached hydrogen (secondary N) is 1. The standard InChI is InChI=1S/C14H20N2O2S/c1-8(2)12(13(15)17)16-14(18)11-7-10(19-4)6-5-9(11)3/h5-8,12H,1-4H3,(H2,15,17)(H,16,18)/t12-/m1/s1. The summed E-state index contributed by atoms with van der Waals surface area (Å²) in [4.78, 5) is 24.6. The molecule has 0 bridgehead atoms. The Balaban J connectivity index is 2.97. The second kappa shape index (κ2) is 6.61. The van der Waals surface area contributed by atoms with Crippen molar-refractivity contribution in [3.05, 3.63) is 29.3 Å². The third-order valence-corrected chi connectivity index (χ3v) is 3.67. The SMILES string of the molecule is CSc1ccc(C)c(C(=O)N[C@@H](C(N)=O)C(C)C)c1. The van der Waals surface area contributed by atoms with Gasteiger partial charge in [0, 0.05) is 10.5 Å². The second-order valence-corrected chi connectivity index (χ2v) is 5.66. The highest BCUT2D eigenvalue weighted by molar-refractivity contribution is 7.98. The Morgan fingerprint density at radius 2 is 1.95 bits per heavy atom. The van der Waals surface area contributed by atoms with Crippen LogP contribution in [0.1, 0.15) is 29.8 Å². The smallest absolute Gasteiger partial charge is 0.252 e. The van der Waals surface area contributed by atoms with Crippen LogP contribution in [-0.2, 0) is 4.79 Å². The Morgan fingerprint density at radius 3 is 2.42 bits per heavy atom. The zero-order chi connectivity index (χ0) is 14.6. The largest absolute Gasteiger partial charge is 0.368 e. The van der Waals surface area contributed by atoms with E-state index in [2.05, 4.69) is 5.32 Å². The van der Waals surface area contributed by atoms with Gasteiger partial charge in [0.05, 0.1) is 0 Å². The maximum Gasteiger partial charge on any atom is 0.252 e. The van der Waals surface area contributed by atoms with Crippen molar-refractivity contribution in [3.8, 4) is 0 Å². The number of aryl methyl sites for hydroxylation is 1. The summed E-state index contributed by atoms with van der Waals surface area (Å²) in [5.74, 6) is -0.807. The highest BCUT2D eigenvalue weighted by Gasteiger charge is 2.22. The molecular formula is C14H20N2O2S. The van der Waals surface area contributed by atoms with Crippen molar-refractivity contribution >= 4 is 23.6 Å². The quantitative estimate of drug-likeness (QED) is 0.810. The van der Waals surface area contributed by atoms with Gasteiger partial charge in [-0.25, -0.2) is 0 Å². The minimum Gasteiger partial charge on any atom is -0.368 e. The van der Waals surface area contributed by atoms with Crippen molar-refractivity contribution in [2.24, 2.45) is 11.7 Å². The summed E-state index contributed by atoms with van der Waals surface area (Å²) in [5, 5.41) is 2.70. The molecule has 0 saturated carbocycles. The minimum absolute atomic E-state index is 0.0366. The number of hydrogen-bond donors (Lipinski definition) is 2. The fourth-order valence-electron chi connectivity index (χ4n) is 1.76. The summed E-state index contributed by atoms with van der Waals surface area (Å²) in [6, 6.07) is 5.04. The lowest BCUT2D eigenvalue weighted by Gasteiger charge is -2.19. The third-order valence-electron chi connectivity index (χ3n) is 2.95. The molecule has 2 amide bonds. The molecule has 1 atom stereocenters.